The van der Waals surface area contributed by atoms with Gasteiger partial charge in [0, 0.05) is 25.2 Å². The minimum atomic E-state index is 0.151. The molecule has 0 bridgehead atoms. The number of nitrogens with one attached hydrogen (secondary N) is 1. The van der Waals surface area contributed by atoms with Gasteiger partial charge < -0.3 is 10.2 Å². The van der Waals surface area contributed by atoms with Crippen molar-refractivity contribution in [2.24, 2.45) is 5.92 Å². The first-order valence-electron chi connectivity index (χ1n) is 7.58. The molecule has 0 aromatic heterocycles. The number of amides is 1. The molecular weight excluding hydrogens is 248 g/mol. The second-order valence-electron chi connectivity index (χ2n) is 5.78. The molecule has 0 unspecified atom stereocenters. The number of likely N-dealkylation sites (tertiary alicyclic amines) is 1. The summed E-state index contributed by atoms with van der Waals surface area (Å²) < 4.78 is 0. The molecule has 2 aliphatic rings. The van der Waals surface area contributed by atoms with Gasteiger partial charge in [0.1, 0.15) is 0 Å². The lowest BCUT2D eigenvalue weighted by Crippen LogP contribution is -2.53. The van der Waals surface area contributed by atoms with Crippen LogP contribution in [0.2, 0.25) is 0 Å². The Morgan fingerprint density at radius 3 is 2.95 bits per heavy atom. The van der Waals surface area contributed by atoms with Gasteiger partial charge in [0.15, 0.2) is 0 Å². The van der Waals surface area contributed by atoms with E-state index >= 15 is 0 Å². The fraction of sp³-hybridized carbons (Fsp3) is 0.471. The van der Waals surface area contributed by atoms with E-state index in [-0.39, 0.29) is 5.91 Å². The molecule has 0 saturated carbocycles. The Labute approximate surface area is 120 Å². The predicted octanol–water partition coefficient (Wildman–Crippen LogP) is 2.30. The van der Waals surface area contributed by atoms with Crippen LogP contribution >= 0.6 is 0 Å². The zero-order valence-electron chi connectivity index (χ0n) is 11.8. The van der Waals surface area contributed by atoms with Crippen LogP contribution in [-0.2, 0) is 4.79 Å². The number of carbonyl (C=O) groups excluding carboxylic acids is 1. The highest BCUT2D eigenvalue weighted by Crippen LogP contribution is 2.24. The Hall–Kier alpha value is -1.61. The van der Waals surface area contributed by atoms with Crippen LogP contribution in [0.1, 0.15) is 24.8 Å². The smallest absolute Gasteiger partial charge is 0.246 e. The van der Waals surface area contributed by atoms with Crippen LogP contribution in [-0.4, -0.2) is 36.5 Å². The number of rotatable bonds is 2. The molecule has 3 nitrogen and oxygen atoms in total. The van der Waals surface area contributed by atoms with Gasteiger partial charge in [-0.05, 0) is 43.4 Å². The van der Waals surface area contributed by atoms with Gasteiger partial charge in [0.25, 0.3) is 0 Å². The molecule has 2 aliphatic heterocycles. The van der Waals surface area contributed by atoms with Crippen LogP contribution in [0.5, 0.6) is 0 Å². The van der Waals surface area contributed by atoms with Crippen LogP contribution in [0.15, 0.2) is 36.4 Å². The van der Waals surface area contributed by atoms with Crippen molar-refractivity contribution < 1.29 is 4.79 Å². The van der Waals surface area contributed by atoms with Crippen LogP contribution in [0, 0.1) is 5.92 Å². The molecule has 3 rings (SSSR count). The van der Waals surface area contributed by atoms with Gasteiger partial charge >= 0.3 is 0 Å². The molecule has 2 fully saturated rings. The van der Waals surface area contributed by atoms with Crippen molar-refractivity contribution in [2.75, 3.05) is 19.6 Å². The van der Waals surface area contributed by atoms with E-state index in [0.29, 0.717) is 12.0 Å². The normalized spacial score (nSPS) is 26.5. The number of piperidine rings is 2. The highest BCUT2D eigenvalue weighted by atomic mass is 16.2. The summed E-state index contributed by atoms with van der Waals surface area (Å²) in [7, 11) is 0. The maximum absolute atomic E-state index is 12.3. The summed E-state index contributed by atoms with van der Waals surface area (Å²) in [4.78, 5) is 14.3. The van der Waals surface area contributed by atoms with E-state index in [0.717, 1.165) is 31.6 Å². The molecule has 0 spiro atoms. The van der Waals surface area contributed by atoms with E-state index in [1.54, 1.807) is 6.08 Å². The number of hydrogen-bond donors (Lipinski definition) is 1. The van der Waals surface area contributed by atoms with E-state index in [1.165, 1.54) is 12.8 Å². The van der Waals surface area contributed by atoms with Gasteiger partial charge in [0.2, 0.25) is 5.91 Å². The fourth-order valence-corrected chi connectivity index (χ4v) is 3.28. The van der Waals surface area contributed by atoms with Crippen LogP contribution in [0.3, 0.4) is 0 Å². The van der Waals surface area contributed by atoms with Crippen LogP contribution in [0.4, 0.5) is 0 Å². The topological polar surface area (TPSA) is 32.3 Å². The number of carbonyl (C=O) groups is 1. The van der Waals surface area contributed by atoms with Gasteiger partial charge in [-0.2, -0.15) is 0 Å². The van der Waals surface area contributed by atoms with E-state index in [9.17, 15) is 4.79 Å². The summed E-state index contributed by atoms with van der Waals surface area (Å²) >= 11 is 0. The summed E-state index contributed by atoms with van der Waals surface area (Å²) in [6.45, 7) is 2.94. The second kappa shape index (κ2) is 6.23. The van der Waals surface area contributed by atoms with Crippen molar-refractivity contribution in [3.63, 3.8) is 0 Å². The van der Waals surface area contributed by atoms with Crippen molar-refractivity contribution >= 4 is 12.0 Å². The maximum Gasteiger partial charge on any atom is 0.246 e. The number of hydrogen-bond acceptors (Lipinski definition) is 2. The summed E-state index contributed by atoms with van der Waals surface area (Å²) in [6, 6.07) is 10.6. The van der Waals surface area contributed by atoms with Crippen molar-refractivity contribution in [3.8, 4) is 0 Å². The predicted molar refractivity (Wildman–Crippen MR) is 81.2 cm³/mol. The van der Waals surface area contributed by atoms with Crippen LogP contribution in [0.25, 0.3) is 6.08 Å². The Balaban J connectivity index is 1.59. The number of fused-ring (bicyclic) bond motifs is 1. The lowest BCUT2D eigenvalue weighted by molar-refractivity contribution is -0.128. The standard InChI is InChI=1S/C17H22N2O/c20-17(9-8-14-5-2-1-3-6-14)19-12-10-16-15(13-19)7-4-11-18-16/h1-3,5-6,8-9,15-16,18H,4,7,10-13H2/t15-,16+/m1/s1. The largest absolute Gasteiger partial charge is 0.339 e. The number of nitrogens with zero attached hydrogens (tertiary/aromatic N) is 1. The molecule has 1 aromatic rings. The molecule has 106 valence electrons. The minimum absolute atomic E-state index is 0.151. The molecule has 0 radical (unpaired) electrons. The molecule has 2 saturated heterocycles. The SMILES string of the molecule is O=C(C=Cc1ccccc1)N1CC[C@@H]2NCCC[C@@H]2C1. The summed E-state index contributed by atoms with van der Waals surface area (Å²) in [5.74, 6) is 0.796. The number of benzene rings is 1. The maximum atomic E-state index is 12.3. The van der Waals surface area contributed by atoms with E-state index in [4.69, 9.17) is 0 Å². The van der Waals surface area contributed by atoms with Crippen molar-refractivity contribution in [2.45, 2.75) is 25.3 Å². The van der Waals surface area contributed by atoms with Gasteiger partial charge in [-0.1, -0.05) is 30.3 Å². The molecule has 3 heteroatoms. The third-order valence-corrected chi connectivity index (χ3v) is 4.42. The van der Waals surface area contributed by atoms with E-state index in [1.807, 2.05) is 41.3 Å². The van der Waals surface area contributed by atoms with Gasteiger partial charge in [-0.25, -0.2) is 0 Å². The Morgan fingerprint density at radius 1 is 1.25 bits per heavy atom. The molecular formula is C17H22N2O. The zero-order chi connectivity index (χ0) is 13.8. The molecule has 2 atom stereocenters. The van der Waals surface area contributed by atoms with Gasteiger partial charge in [-0.15, -0.1) is 0 Å². The Morgan fingerprint density at radius 2 is 2.10 bits per heavy atom. The van der Waals surface area contributed by atoms with Gasteiger partial charge in [-0.3, -0.25) is 4.79 Å². The highest BCUT2D eigenvalue weighted by molar-refractivity contribution is 5.91. The quantitative estimate of drug-likeness (QED) is 0.836. The lowest BCUT2D eigenvalue weighted by Gasteiger charge is -2.41. The molecule has 1 amide bonds. The molecule has 20 heavy (non-hydrogen) atoms. The first-order valence-corrected chi connectivity index (χ1v) is 7.58. The average Bonchev–Trinajstić information content (AvgIpc) is 2.53. The monoisotopic (exact) mass is 270 g/mol. The van der Waals surface area contributed by atoms with E-state index in [2.05, 4.69) is 5.32 Å². The molecule has 1 N–H and O–H groups in total. The Kier molecular flexibility index (Phi) is 4.16. The summed E-state index contributed by atoms with van der Waals surface area (Å²) in [6.07, 6.45) is 7.21. The molecule has 1 aromatic carbocycles. The second-order valence-corrected chi connectivity index (χ2v) is 5.78. The lowest BCUT2D eigenvalue weighted by atomic mass is 9.85. The first kappa shape index (κ1) is 13.4. The van der Waals surface area contributed by atoms with Crippen molar-refractivity contribution in [1.29, 1.82) is 0 Å². The third-order valence-electron chi connectivity index (χ3n) is 4.42. The minimum Gasteiger partial charge on any atom is -0.339 e. The van der Waals surface area contributed by atoms with Crippen molar-refractivity contribution in [1.82, 2.24) is 10.2 Å². The summed E-state index contributed by atoms with van der Waals surface area (Å²) in [5, 5.41) is 3.58. The van der Waals surface area contributed by atoms with E-state index < -0.39 is 0 Å². The fourth-order valence-electron chi connectivity index (χ4n) is 3.28. The molecule has 2 heterocycles. The van der Waals surface area contributed by atoms with Gasteiger partial charge in [0.05, 0.1) is 0 Å². The zero-order valence-corrected chi connectivity index (χ0v) is 11.8. The highest BCUT2D eigenvalue weighted by Gasteiger charge is 2.32. The summed E-state index contributed by atoms with van der Waals surface area (Å²) in [5.41, 5.74) is 1.08. The van der Waals surface area contributed by atoms with Crippen LogP contribution < -0.4 is 5.32 Å². The average molecular weight is 270 g/mol. The Bertz CT molecular complexity index is 483. The molecule has 0 aliphatic carbocycles. The third kappa shape index (κ3) is 3.10. The van der Waals surface area contributed by atoms with Crippen molar-refractivity contribution in [3.05, 3.63) is 42.0 Å². The first-order chi connectivity index (χ1) is 9.83.